The van der Waals surface area contributed by atoms with Crippen LogP contribution in [-0.4, -0.2) is 17.9 Å². The maximum absolute atomic E-state index is 13.0. The Bertz CT molecular complexity index is 586. The standard InChI is InChI=1S/C14H14FN3O/c1-16-7-10-4-2-3-5-13(10)18-14(19)11-6-12(15)9-17-8-11/h2-6,8-9,16H,7H2,1H3,(H,18,19). The molecule has 0 bridgehead atoms. The molecule has 2 aromatic rings. The molecule has 0 aliphatic rings. The quantitative estimate of drug-likeness (QED) is 0.885. The summed E-state index contributed by atoms with van der Waals surface area (Å²) in [5.41, 5.74) is 1.85. The van der Waals surface area contributed by atoms with Gasteiger partial charge in [-0.3, -0.25) is 9.78 Å². The third kappa shape index (κ3) is 3.35. The molecular formula is C14H14FN3O. The number of anilines is 1. The van der Waals surface area contributed by atoms with Crippen LogP contribution in [-0.2, 0) is 6.54 Å². The number of rotatable bonds is 4. The second kappa shape index (κ2) is 6.06. The highest BCUT2D eigenvalue weighted by Gasteiger charge is 2.09. The molecule has 2 N–H and O–H groups in total. The van der Waals surface area contributed by atoms with E-state index in [1.165, 1.54) is 6.20 Å². The van der Waals surface area contributed by atoms with Crippen molar-refractivity contribution in [1.82, 2.24) is 10.3 Å². The Morgan fingerprint density at radius 2 is 2.11 bits per heavy atom. The van der Waals surface area contributed by atoms with Gasteiger partial charge in [-0.05, 0) is 24.7 Å². The van der Waals surface area contributed by atoms with Gasteiger partial charge in [0.15, 0.2) is 0 Å². The lowest BCUT2D eigenvalue weighted by Gasteiger charge is -2.10. The van der Waals surface area contributed by atoms with Gasteiger partial charge in [0.2, 0.25) is 0 Å². The van der Waals surface area contributed by atoms with Crippen molar-refractivity contribution in [3.63, 3.8) is 0 Å². The summed E-state index contributed by atoms with van der Waals surface area (Å²) < 4.78 is 13.0. The van der Waals surface area contributed by atoms with E-state index in [0.29, 0.717) is 12.2 Å². The van der Waals surface area contributed by atoms with Crippen LogP contribution in [0.25, 0.3) is 0 Å². The molecule has 1 aromatic heterocycles. The number of carbonyl (C=O) groups excluding carboxylic acids is 1. The minimum Gasteiger partial charge on any atom is -0.322 e. The van der Waals surface area contributed by atoms with Gasteiger partial charge in [-0.1, -0.05) is 18.2 Å². The van der Waals surface area contributed by atoms with E-state index >= 15 is 0 Å². The van der Waals surface area contributed by atoms with Crippen molar-refractivity contribution in [2.45, 2.75) is 6.54 Å². The minimum atomic E-state index is -0.531. The molecule has 4 nitrogen and oxygen atoms in total. The Balaban J connectivity index is 2.19. The summed E-state index contributed by atoms with van der Waals surface area (Å²) in [6, 6.07) is 8.60. The molecule has 0 fully saturated rings. The van der Waals surface area contributed by atoms with Gasteiger partial charge < -0.3 is 10.6 Å². The number of hydrogen-bond donors (Lipinski definition) is 2. The van der Waals surface area contributed by atoms with E-state index in [2.05, 4.69) is 15.6 Å². The van der Waals surface area contributed by atoms with Crippen LogP contribution in [0.4, 0.5) is 10.1 Å². The predicted molar refractivity (Wildman–Crippen MR) is 71.4 cm³/mol. The summed E-state index contributed by atoms with van der Waals surface area (Å²) >= 11 is 0. The van der Waals surface area contributed by atoms with Gasteiger partial charge >= 0.3 is 0 Å². The van der Waals surface area contributed by atoms with E-state index in [1.54, 1.807) is 6.07 Å². The molecule has 0 unspecified atom stereocenters. The molecule has 5 heteroatoms. The van der Waals surface area contributed by atoms with Crippen molar-refractivity contribution in [2.24, 2.45) is 0 Å². The number of aromatic nitrogens is 1. The molecule has 0 aliphatic carbocycles. The Kier molecular flexibility index (Phi) is 4.20. The average molecular weight is 259 g/mol. The third-order valence-electron chi connectivity index (χ3n) is 2.60. The smallest absolute Gasteiger partial charge is 0.257 e. The number of pyridine rings is 1. The molecular weight excluding hydrogens is 245 g/mol. The highest BCUT2D eigenvalue weighted by atomic mass is 19.1. The van der Waals surface area contributed by atoms with Crippen LogP contribution < -0.4 is 10.6 Å². The maximum atomic E-state index is 13.0. The Hall–Kier alpha value is -2.27. The second-order valence-electron chi connectivity index (χ2n) is 4.03. The molecule has 19 heavy (non-hydrogen) atoms. The zero-order valence-electron chi connectivity index (χ0n) is 10.5. The van der Waals surface area contributed by atoms with Crippen LogP contribution in [0.2, 0.25) is 0 Å². The lowest BCUT2D eigenvalue weighted by atomic mass is 10.1. The number of nitrogens with zero attached hydrogens (tertiary/aromatic N) is 1. The molecule has 0 atom stereocenters. The maximum Gasteiger partial charge on any atom is 0.257 e. The van der Waals surface area contributed by atoms with E-state index in [9.17, 15) is 9.18 Å². The van der Waals surface area contributed by atoms with Crippen LogP contribution in [0, 0.1) is 5.82 Å². The topological polar surface area (TPSA) is 54.0 Å². The first-order valence-electron chi connectivity index (χ1n) is 5.85. The molecule has 1 heterocycles. The summed E-state index contributed by atoms with van der Waals surface area (Å²) in [4.78, 5) is 15.6. The summed E-state index contributed by atoms with van der Waals surface area (Å²) in [7, 11) is 1.83. The Morgan fingerprint density at radius 3 is 2.84 bits per heavy atom. The Morgan fingerprint density at radius 1 is 1.32 bits per heavy atom. The van der Waals surface area contributed by atoms with Crippen molar-refractivity contribution in [3.05, 3.63) is 59.7 Å². The highest BCUT2D eigenvalue weighted by Crippen LogP contribution is 2.16. The number of amides is 1. The molecule has 0 saturated carbocycles. The van der Waals surface area contributed by atoms with Gasteiger partial charge in [0.05, 0.1) is 11.8 Å². The summed E-state index contributed by atoms with van der Waals surface area (Å²) in [5, 5.41) is 5.78. The molecule has 98 valence electrons. The first-order chi connectivity index (χ1) is 9.20. The third-order valence-corrected chi connectivity index (χ3v) is 2.60. The lowest BCUT2D eigenvalue weighted by Crippen LogP contribution is -2.15. The normalized spacial score (nSPS) is 10.2. The molecule has 0 radical (unpaired) electrons. The predicted octanol–water partition coefficient (Wildman–Crippen LogP) is 2.19. The summed E-state index contributed by atoms with van der Waals surface area (Å²) in [6.07, 6.45) is 2.39. The minimum absolute atomic E-state index is 0.194. The largest absolute Gasteiger partial charge is 0.322 e. The fraction of sp³-hybridized carbons (Fsp3) is 0.143. The molecule has 0 aliphatic heterocycles. The van der Waals surface area contributed by atoms with Crippen molar-refractivity contribution < 1.29 is 9.18 Å². The Labute approximate surface area is 110 Å². The molecule has 1 aromatic carbocycles. The zero-order valence-corrected chi connectivity index (χ0v) is 10.5. The van der Waals surface area contributed by atoms with Gasteiger partial charge in [-0.15, -0.1) is 0 Å². The fourth-order valence-corrected chi connectivity index (χ4v) is 1.72. The number of halogens is 1. The summed E-state index contributed by atoms with van der Waals surface area (Å²) in [5.74, 6) is -0.910. The number of nitrogens with one attached hydrogen (secondary N) is 2. The zero-order chi connectivity index (χ0) is 13.7. The number of hydrogen-bond acceptors (Lipinski definition) is 3. The van der Waals surface area contributed by atoms with Crippen molar-refractivity contribution in [3.8, 4) is 0 Å². The lowest BCUT2D eigenvalue weighted by molar-refractivity contribution is 0.102. The molecule has 1 amide bonds. The van der Waals surface area contributed by atoms with E-state index < -0.39 is 5.82 Å². The first-order valence-corrected chi connectivity index (χ1v) is 5.85. The molecule has 0 spiro atoms. The van der Waals surface area contributed by atoms with Crippen LogP contribution in [0.3, 0.4) is 0 Å². The number of para-hydroxylation sites is 1. The van der Waals surface area contributed by atoms with Crippen LogP contribution in [0.15, 0.2) is 42.7 Å². The van der Waals surface area contributed by atoms with Gasteiger partial charge in [0.25, 0.3) is 5.91 Å². The second-order valence-corrected chi connectivity index (χ2v) is 4.03. The highest BCUT2D eigenvalue weighted by molar-refractivity contribution is 6.04. The van der Waals surface area contributed by atoms with Crippen molar-refractivity contribution in [2.75, 3.05) is 12.4 Å². The molecule has 2 rings (SSSR count). The van der Waals surface area contributed by atoms with Gasteiger partial charge in [-0.2, -0.15) is 0 Å². The monoisotopic (exact) mass is 259 g/mol. The number of benzene rings is 1. The SMILES string of the molecule is CNCc1ccccc1NC(=O)c1cncc(F)c1. The molecule has 0 saturated heterocycles. The van der Waals surface area contributed by atoms with Gasteiger partial charge in [0, 0.05) is 18.4 Å². The van der Waals surface area contributed by atoms with E-state index in [-0.39, 0.29) is 11.5 Å². The van der Waals surface area contributed by atoms with Crippen LogP contribution in [0.1, 0.15) is 15.9 Å². The first kappa shape index (κ1) is 13.2. The fourth-order valence-electron chi connectivity index (χ4n) is 1.72. The van der Waals surface area contributed by atoms with E-state index in [4.69, 9.17) is 0 Å². The summed E-state index contributed by atoms with van der Waals surface area (Å²) in [6.45, 7) is 0.637. The van der Waals surface area contributed by atoms with E-state index in [0.717, 1.165) is 17.8 Å². The van der Waals surface area contributed by atoms with Crippen molar-refractivity contribution in [1.29, 1.82) is 0 Å². The van der Waals surface area contributed by atoms with Crippen molar-refractivity contribution >= 4 is 11.6 Å². The van der Waals surface area contributed by atoms with Gasteiger partial charge in [0.1, 0.15) is 5.82 Å². The van der Waals surface area contributed by atoms with Crippen LogP contribution >= 0.6 is 0 Å². The van der Waals surface area contributed by atoms with E-state index in [1.807, 2.05) is 25.2 Å². The number of carbonyl (C=O) groups is 1. The average Bonchev–Trinajstić information content (AvgIpc) is 2.41. The van der Waals surface area contributed by atoms with Crippen LogP contribution in [0.5, 0.6) is 0 Å². The van der Waals surface area contributed by atoms with Gasteiger partial charge in [-0.25, -0.2) is 4.39 Å².